The summed E-state index contributed by atoms with van der Waals surface area (Å²) in [5.41, 5.74) is 12.0. The first-order chi connectivity index (χ1) is 13.2. The molecule has 4 N–H and O–H groups in total. The molecule has 1 aromatic carbocycles. The molecule has 0 atom stereocenters. The van der Waals surface area contributed by atoms with Gasteiger partial charge in [-0.3, -0.25) is 4.90 Å². The van der Waals surface area contributed by atoms with Gasteiger partial charge in [0.15, 0.2) is 5.65 Å². The topological polar surface area (TPSA) is 95.8 Å². The first-order valence-electron chi connectivity index (χ1n) is 9.21. The van der Waals surface area contributed by atoms with Crippen molar-refractivity contribution in [3.63, 3.8) is 0 Å². The molecule has 0 spiro atoms. The molecular formula is C20H22N6O. The van der Waals surface area contributed by atoms with E-state index in [1.165, 1.54) is 10.9 Å². The Hall–Kier alpha value is -2.90. The molecule has 1 fully saturated rings. The lowest BCUT2D eigenvalue weighted by molar-refractivity contribution is 0.0342. The third-order valence-electron chi connectivity index (χ3n) is 5.08. The van der Waals surface area contributed by atoms with E-state index in [0.29, 0.717) is 11.5 Å². The van der Waals surface area contributed by atoms with E-state index in [1.54, 1.807) is 0 Å². The maximum absolute atomic E-state index is 6.00. The first kappa shape index (κ1) is 16.3. The van der Waals surface area contributed by atoms with Crippen molar-refractivity contribution in [2.45, 2.75) is 13.5 Å². The van der Waals surface area contributed by atoms with Crippen molar-refractivity contribution in [3.8, 4) is 11.3 Å². The number of aromatic nitrogens is 4. The molecule has 0 bridgehead atoms. The van der Waals surface area contributed by atoms with Gasteiger partial charge in [0, 0.05) is 41.8 Å². The molecule has 1 saturated heterocycles. The third kappa shape index (κ3) is 3.05. The van der Waals surface area contributed by atoms with Gasteiger partial charge >= 0.3 is 0 Å². The zero-order chi connectivity index (χ0) is 18.4. The molecule has 4 aromatic rings. The number of aromatic amines is 2. The Balaban J connectivity index is 1.53. The summed E-state index contributed by atoms with van der Waals surface area (Å²) in [6.45, 7) is 6.49. The fraction of sp³-hybridized carbons (Fsp3) is 0.300. The molecule has 5 rings (SSSR count). The van der Waals surface area contributed by atoms with Gasteiger partial charge in [-0.15, -0.1) is 0 Å². The monoisotopic (exact) mass is 362 g/mol. The summed E-state index contributed by atoms with van der Waals surface area (Å²) < 4.78 is 5.44. The number of benzene rings is 1. The van der Waals surface area contributed by atoms with Crippen LogP contribution in [0.5, 0.6) is 0 Å². The molecule has 7 nitrogen and oxygen atoms in total. The fourth-order valence-electron chi connectivity index (χ4n) is 3.78. The average Bonchev–Trinajstić information content (AvgIpc) is 3.24. The van der Waals surface area contributed by atoms with Crippen molar-refractivity contribution in [2.24, 2.45) is 0 Å². The molecule has 7 heteroatoms. The van der Waals surface area contributed by atoms with E-state index >= 15 is 0 Å². The van der Waals surface area contributed by atoms with E-state index in [1.807, 2.05) is 13.0 Å². The zero-order valence-corrected chi connectivity index (χ0v) is 15.2. The van der Waals surface area contributed by atoms with Gasteiger partial charge < -0.3 is 20.4 Å². The number of anilines is 1. The van der Waals surface area contributed by atoms with Crippen molar-refractivity contribution < 1.29 is 4.74 Å². The molecule has 27 heavy (non-hydrogen) atoms. The second kappa shape index (κ2) is 6.37. The van der Waals surface area contributed by atoms with Gasteiger partial charge in [0.2, 0.25) is 0 Å². The Kier molecular flexibility index (Phi) is 3.84. The molecule has 1 aliphatic heterocycles. The van der Waals surface area contributed by atoms with E-state index in [4.69, 9.17) is 10.5 Å². The van der Waals surface area contributed by atoms with Crippen LogP contribution in [0.4, 0.5) is 5.82 Å². The second-order valence-electron chi connectivity index (χ2n) is 7.11. The number of ether oxygens (including phenoxy) is 1. The van der Waals surface area contributed by atoms with Crippen molar-refractivity contribution >= 4 is 27.9 Å². The summed E-state index contributed by atoms with van der Waals surface area (Å²) in [5, 5.41) is 1.19. The van der Waals surface area contributed by atoms with Gasteiger partial charge in [-0.1, -0.05) is 6.07 Å². The summed E-state index contributed by atoms with van der Waals surface area (Å²) >= 11 is 0. The van der Waals surface area contributed by atoms with E-state index in [0.717, 1.165) is 61.0 Å². The lowest BCUT2D eigenvalue weighted by Gasteiger charge is -2.26. The SMILES string of the molecule is Cc1nc2nc(N)cc(-c3cc4cc(CN5CCOCC5)ccc4[nH]3)c2[nH]1. The van der Waals surface area contributed by atoms with E-state index < -0.39 is 0 Å². The number of morpholine rings is 1. The van der Waals surface area contributed by atoms with Gasteiger partial charge in [0.25, 0.3) is 0 Å². The number of nitrogens with one attached hydrogen (secondary N) is 2. The minimum atomic E-state index is 0.468. The van der Waals surface area contributed by atoms with Gasteiger partial charge in [-0.05, 0) is 36.8 Å². The van der Waals surface area contributed by atoms with E-state index in [-0.39, 0.29) is 0 Å². The molecule has 0 aliphatic carbocycles. The molecule has 3 aromatic heterocycles. The number of aryl methyl sites for hydroxylation is 1. The normalized spacial score (nSPS) is 15.7. The summed E-state index contributed by atoms with van der Waals surface area (Å²) in [6.07, 6.45) is 0. The molecule has 0 amide bonds. The van der Waals surface area contributed by atoms with E-state index in [2.05, 4.69) is 49.1 Å². The largest absolute Gasteiger partial charge is 0.384 e. The van der Waals surface area contributed by atoms with E-state index in [9.17, 15) is 0 Å². The summed E-state index contributed by atoms with van der Waals surface area (Å²) in [5.74, 6) is 1.30. The second-order valence-corrected chi connectivity index (χ2v) is 7.11. The number of nitrogens with two attached hydrogens (primary N) is 1. The summed E-state index contributed by atoms with van der Waals surface area (Å²) in [6, 6.07) is 10.6. The Morgan fingerprint density at radius 1 is 1.11 bits per heavy atom. The van der Waals surface area contributed by atoms with Crippen LogP contribution in [0.25, 0.3) is 33.3 Å². The van der Waals surface area contributed by atoms with Crippen molar-refractivity contribution in [2.75, 3.05) is 32.0 Å². The van der Waals surface area contributed by atoms with Crippen LogP contribution >= 0.6 is 0 Å². The minimum Gasteiger partial charge on any atom is -0.384 e. The van der Waals surface area contributed by atoms with Crippen LogP contribution in [-0.4, -0.2) is 51.1 Å². The molecule has 0 unspecified atom stereocenters. The third-order valence-corrected chi connectivity index (χ3v) is 5.08. The molecule has 1 aliphatic rings. The van der Waals surface area contributed by atoms with Crippen LogP contribution in [0, 0.1) is 6.92 Å². The Labute approximate surface area is 156 Å². The Bertz CT molecular complexity index is 1120. The highest BCUT2D eigenvalue weighted by atomic mass is 16.5. The number of rotatable bonds is 3. The van der Waals surface area contributed by atoms with Crippen LogP contribution in [0.3, 0.4) is 0 Å². The van der Waals surface area contributed by atoms with Crippen LogP contribution in [0.2, 0.25) is 0 Å². The van der Waals surface area contributed by atoms with Gasteiger partial charge in [-0.2, -0.15) is 0 Å². The van der Waals surface area contributed by atoms with Crippen LogP contribution in [-0.2, 0) is 11.3 Å². The number of fused-ring (bicyclic) bond motifs is 2. The van der Waals surface area contributed by atoms with Gasteiger partial charge in [0.1, 0.15) is 11.6 Å². The smallest absolute Gasteiger partial charge is 0.180 e. The van der Waals surface area contributed by atoms with Crippen LogP contribution < -0.4 is 5.73 Å². The van der Waals surface area contributed by atoms with Crippen molar-refractivity contribution in [3.05, 3.63) is 41.7 Å². The number of hydrogen-bond acceptors (Lipinski definition) is 5. The molecule has 138 valence electrons. The highest BCUT2D eigenvalue weighted by Crippen LogP contribution is 2.30. The maximum Gasteiger partial charge on any atom is 0.180 e. The number of pyridine rings is 1. The molecule has 4 heterocycles. The highest BCUT2D eigenvalue weighted by molar-refractivity contribution is 5.95. The zero-order valence-electron chi connectivity index (χ0n) is 15.2. The Morgan fingerprint density at radius 2 is 1.96 bits per heavy atom. The molecule has 0 radical (unpaired) electrons. The van der Waals surface area contributed by atoms with Crippen LogP contribution in [0.1, 0.15) is 11.4 Å². The minimum absolute atomic E-state index is 0.468. The fourth-order valence-corrected chi connectivity index (χ4v) is 3.78. The number of H-pyrrole nitrogens is 2. The van der Waals surface area contributed by atoms with Crippen molar-refractivity contribution in [1.82, 2.24) is 24.8 Å². The van der Waals surface area contributed by atoms with Crippen LogP contribution in [0.15, 0.2) is 30.3 Å². The maximum atomic E-state index is 6.00. The number of nitrogens with zero attached hydrogens (tertiary/aromatic N) is 3. The summed E-state index contributed by atoms with van der Waals surface area (Å²) in [7, 11) is 0. The lowest BCUT2D eigenvalue weighted by Crippen LogP contribution is -2.35. The highest BCUT2D eigenvalue weighted by Gasteiger charge is 2.14. The molecule has 0 saturated carbocycles. The predicted octanol–water partition coefficient (Wildman–Crippen LogP) is 2.83. The quantitative estimate of drug-likeness (QED) is 0.521. The van der Waals surface area contributed by atoms with Gasteiger partial charge in [0.05, 0.1) is 18.7 Å². The standard InChI is InChI=1S/C20H22N6O/c1-12-22-19-15(10-18(21)25-20(19)23-12)17-9-14-8-13(2-3-16(14)24-17)11-26-4-6-27-7-5-26/h2-3,8-10,24H,4-7,11H2,1H3,(H3,21,22,23,25). The lowest BCUT2D eigenvalue weighted by atomic mass is 10.1. The number of imidazole rings is 1. The van der Waals surface area contributed by atoms with Gasteiger partial charge in [-0.25, -0.2) is 9.97 Å². The number of hydrogen-bond donors (Lipinski definition) is 3. The average molecular weight is 362 g/mol. The van der Waals surface area contributed by atoms with Crippen molar-refractivity contribution in [1.29, 1.82) is 0 Å². The first-order valence-corrected chi connectivity index (χ1v) is 9.21. The Morgan fingerprint density at radius 3 is 2.81 bits per heavy atom. The summed E-state index contributed by atoms with van der Waals surface area (Å²) in [4.78, 5) is 18.0. The molecular weight excluding hydrogens is 340 g/mol. The number of nitrogen functional groups attached to an aromatic ring is 1. The predicted molar refractivity (Wildman–Crippen MR) is 106 cm³/mol.